The number of halogens is 1. The van der Waals surface area contributed by atoms with E-state index >= 15 is 4.39 Å². The Balaban J connectivity index is 1.80. The molecular formula is C23H23FN4O3. The van der Waals surface area contributed by atoms with Gasteiger partial charge in [0.1, 0.15) is 11.5 Å². The molecule has 1 aromatic carbocycles. The highest BCUT2D eigenvalue weighted by molar-refractivity contribution is 5.71. The van der Waals surface area contributed by atoms with Gasteiger partial charge in [-0.25, -0.2) is 14.2 Å². The van der Waals surface area contributed by atoms with Crippen LogP contribution >= 0.6 is 0 Å². The van der Waals surface area contributed by atoms with Crippen molar-refractivity contribution < 1.29 is 18.7 Å². The molecule has 0 N–H and O–H groups in total. The lowest BCUT2D eigenvalue weighted by Crippen LogP contribution is -2.46. The van der Waals surface area contributed by atoms with Gasteiger partial charge < -0.3 is 18.8 Å². The Kier molecular flexibility index (Phi) is 5.61. The minimum absolute atomic E-state index is 0.268. The number of rotatable bonds is 3. The zero-order valence-electron chi connectivity index (χ0n) is 17.7. The molecule has 160 valence electrons. The van der Waals surface area contributed by atoms with Crippen molar-refractivity contribution in [3.05, 3.63) is 58.7 Å². The molecule has 1 fully saturated rings. The topological polar surface area (TPSA) is 79.9 Å². The first-order valence-electron chi connectivity index (χ1n) is 10.0. The first-order valence-corrected chi connectivity index (χ1v) is 10.0. The van der Waals surface area contributed by atoms with Gasteiger partial charge in [-0.3, -0.25) is 0 Å². The number of carbonyl (C=O) groups is 1. The maximum Gasteiger partial charge on any atom is 0.409 e. The number of aryl methyl sites for hydroxylation is 2. The summed E-state index contributed by atoms with van der Waals surface area (Å²) >= 11 is 0. The van der Waals surface area contributed by atoms with Gasteiger partial charge >= 0.3 is 6.09 Å². The van der Waals surface area contributed by atoms with E-state index in [9.17, 15) is 4.79 Å². The first kappa shape index (κ1) is 20.8. The number of benzene rings is 1. The lowest BCUT2D eigenvalue weighted by molar-refractivity contribution is -0.0241. The fraction of sp³-hybridized carbons (Fsp3) is 0.348. The van der Waals surface area contributed by atoms with Crippen molar-refractivity contribution in [1.82, 2.24) is 14.3 Å². The van der Waals surface area contributed by atoms with Gasteiger partial charge in [0.05, 0.1) is 49.4 Å². The van der Waals surface area contributed by atoms with Crippen molar-refractivity contribution in [3.8, 4) is 17.3 Å². The van der Waals surface area contributed by atoms with E-state index in [1.165, 1.54) is 13.2 Å². The molecule has 3 aromatic rings. The van der Waals surface area contributed by atoms with Crippen LogP contribution in [0.4, 0.5) is 9.18 Å². The van der Waals surface area contributed by atoms with Crippen LogP contribution in [0, 0.1) is 31.0 Å². The largest absolute Gasteiger partial charge is 0.453 e. The van der Waals surface area contributed by atoms with E-state index in [4.69, 9.17) is 19.7 Å². The standard InChI is InChI=1S/C23H23FN4O3/c1-14-4-5-28-19(11-17-13-27(6-7-31-17)23(29)30-3)22(26-20(28)8-14)21-15(2)9-16(12-25)10-18(21)24/h4-5,8-10,17H,6-7,11,13H2,1-3H3/t17-/m0/s1. The van der Waals surface area contributed by atoms with Gasteiger partial charge in [0, 0.05) is 24.7 Å². The summed E-state index contributed by atoms with van der Waals surface area (Å²) in [4.78, 5) is 18.3. The normalized spacial score (nSPS) is 16.4. The number of amides is 1. The molecule has 1 amide bonds. The fourth-order valence-electron chi connectivity index (χ4n) is 4.05. The van der Waals surface area contributed by atoms with Crippen LogP contribution in [0.25, 0.3) is 16.9 Å². The van der Waals surface area contributed by atoms with Crippen LogP contribution in [0.3, 0.4) is 0 Å². The number of pyridine rings is 1. The number of ether oxygens (including phenoxy) is 2. The molecular weight excluding hydrogens is 399 g/mol. The molecule has 0 bridgehead atoms. The minimum Gasteiger partial charge on any atom is -0.453 e. The maximum atomic E-state index is 15.1. The Hall–Kier alpha value is -3.44. The van der Waals surface area contributed by atoms with Crippen LogP contribution in [0.1, 0.15) is 22.4 Å². The summed E-state index contributed by atoms with van der Waals surface area (Å²) in [5, 5.41) is 9.16. The van der Waals surface area contributed by atoms with E-state index in [1.807, 2.05) is 35.7 Å². The van der Waals surface area contributed by atoms with Crippen molar-refractivity contribution in [2.24, 2.45) is 0 Å². The van der Waals surface area contributed by atoms with Gasteiger partial charge in [0.25, 0.3) is 0 Å². The fourth-order valence-corrected chi connectivity index (χ4v) is 4.05. The second kappa shape index (κ2) is 8.36. The van der Waals surface area contributed by atoms with Crippen LogP contribution in [0.2, 0.25) is 0 Å². The van der Waals surface area contributed by atoms with E-state index in [0.717, 1.165) is 11.3 Å². The summed E-state index contributed by atoms with van der Waals surface area (Å²) in [7, 11) is 1.36. The zero-order valence-corrected chi connectivity index (χ0v) is 17.7. The third kappa shape index (κ3) is 3.97. The zero-order chi connectivity index (χ0) is 22.1. The average Bonchev–Trinajstić information content (AvgIpc) is 3.09. The van der Waals surface area contributed by atoms with E-state index in [2.05, 4.69) is 0 Å². The molecule has 4 rings (SSSR count). The molecule has 3 heterocycles. The molecule has 1 saturated heterocycles. The second-order valence-corrected chi connectivity index (χ2v) is 7.71. The highest BCUT2D eigenvalue weighted by Gasteiger charge is 2.28. The monoisotopic (exact) mass is 422 g/mol. The van der Waals surface area contributed by atoms with Gasteiger partial charge in [-0.05, 0) is 49.2 Å². The summed E-state index contributed by atoms with van der Waals surface area (Å²) in [5.74, 6) is -0.487. The smallest absolute Gasteiger partial charge is 0.409 e. The molecule has 0 unspecified atom stereocenters. The van der Waals surface area contributed by atoms with Gasteiger partial charge in [-0.2, -0.15) is 5.26 Å². The number of methoxy groups -OCH3 is 1. The van der Waals surface area contributed by atoms with E-state index < -0.39 is 11.9 Å². The van der Waals surface area contributed by atoms with Crippen LogP contribution in [0.5, 0.6) is 0 Å². The number of aromatic nitrogens is 2. The predicted octanol–water partition coefficient (Wildman–Crippen LogP) is 3.64. The summed E-state index contributed by atoms with van der Waals surface area (Å²) in [6.45, 7) is 4.98. The number of imidazole rings is 1. The molecule has 31 heavy (non-hydrogen) atoms. The summed E-state index contributed by atoms with van der Waals surface area (Å²) in [6.07, 6.45) is 1.67. The molecule has 1 atom stereocenters. The first-order chi connectivity index (χ1) is 14.9. The van der Waals surface area contributed by atoms with Crippen LogP contribution in [-0.4, -0.2) is 53.3 Å². The minimum atomic E-state index is -0.487. The van der Waals surface area contributed by atoms with Gasteiger partial charge in [0.2, 0.25) is 0 Å². The van der Waals surface area contributed by atoms with Gasteiger partial charge in [-0.1, -0.05) is 0 Å². The molecule has 7 nitrogen and oxygen atoms in total. The molecule has 0 radical (unpaired) electrons. The summed E-state index contributed by atoms with van der Waals surface area (Å²) in [5.41, 5.74) is 4.33. The Morgan fingerprint density at radius 1 is 1.39 bits per heavy atom. The van der Waals surface area contributed by atoms with Crippen molar-refractivity contribution >= 4 is 11.7 Å². The SMILES string of the molecule is COC(=O)N1CCO[C@@H](Cc2c(-c3c(C)cc(C#N)cc3F)nc3cc(C)ccn23)C1. The number of morpholine rings is 1. The van der Waals surface area contributed by atoms with Crippen LogP contribution in [0.15, 0.2) is 30.5 Å². The molecule has 8 heteroatoms. The van der Waals surface area contributed by atoms with E-state index in [-0.39, 0.29) is 11.7 Å². The Bertz CT molecular complexity index is 1170. The molecule has 2 aromatic heterocycles. The average molecular weight is 422 g/mol. The van der Waals surface area contributed by atoms with Gasteiger partial charge in [-0.15, -0.1) is 0 Å². The highest BCUT2D eigenvalue weighted by atomic mass is 19.1. The van der Waals surface area contributed by atoms with Crippen LogP contribution < -0.4 is 0 Å². The molecule has 0 spiro atoms. The predicted molar refractivity (Wildman–Crippen MR) is 112 cm³/mol. The third-order valence-electron chi connectivity index (χ3n) is 5.53. The van der Waals surface area contributed by atoms with Crippen molar-refractivity contribution in [2.75, 3.05) is 26.8 Å². The lowest BCUT2D eigenvalue weighted by atomic mass is 9.99. The summed E-state index contributed by atoms with van der Waals surface area (Å²) < 4.78 is 27.7. The number of nitriles is 1. The maximum absolute atomic E-state index is 15.1. The molecule has 0 saturated carbocycles. The quantitative estimate of drug-likeness (QED) is 0.644. The van der Waals surface area contributed by atoms with Crippen molar-refractivity contribution in [2.45, 2.75) is 26.4 Å². The lowest BCUT2D eigenvalue weighted by Gasteiger charge is -2.32. The number of carbonyl (C=O) groups excluding carboxylic acids is 1. The number of hydrogen-bond acceptors (Lipinski definition) is 5. The van der Waals surface area contributed by atoms with Crippen molar-refractivity contribution in [3.63, 3.8) is 0 Å². The number of hydrogen-bond donors (Lipinski definition) is 0. The van der Waals surface area contributed by atoms with E-state index in [0.29, 0.717) is 48.6 Å². The molecule has 0 aliphatic carbocycles. The molecule has 1 aliphatic heterocycles. The number of fused-ring (bicyclic) bond motifs is 1. The Morgan fingerprint density at radius 2 is 2.19 bits per heavy atom. The highest BCUT2D eigenvalue weighted by Crippen LogP contribution is 2.32. The number of nitrogens with zero attached hydrogens (tertiary/aromatic N) is 4. The van der Waals surface area contributed by atoms with Crippen molar-refractivity contribution in [1.29, 1.82) is 5.26 Å². The third-order valence-corrected chi connectivity index (χ3v) is 5.53. The summed E-state index contributed by atoms with van der Waals surface area (Å²) in [6, 6.07) is 8.78. The Labute approximate surface area is 179 Å². The second-order valence-electron chi connectivity index (χ2n) is 7.71. The van der Waals surface area contributed by atoms with Crippen LogP contribution in [-0.2, 0) is 15.9 Å². The van der Waals surface area contributed by atoms with E-state index in [1.54, 1.807) is 17.9 Å². The Morgan fingerprint density at radius 3 is 2.90 bits per heavy atom. The molecule has 1 aliphatic rings. The van der Waals surface area contributed by atoms with Gasteiger partial charge in [0.15, 0.2) is 0 Å².